The summed E-state index contributed by atoms with van der Waals surface area (Å²) in [5.41, 5.74) is 2.62. The fraction of sp³-hybridized carbons (Fsp3) is 0.105. The van der Waals surface area contributed by atoms with Gasteiger partial charge in [0.25, 0.3) is 5.89 Å². The molecule has 0 saturated heterocycles. The van der Waals surface area contributed by atoms with E-state index in [1.165, 1.54) is 0 Å². The van der Waals surface area contributed by atoms with E-state index in [1.54, 1.807) is 18.2 Å². The summed E-state index contributed by atoms with van der Waals surface area (Å²) in [7, 11) is 0. The molecular formula is C19H16ClN3O2. The lowest BCUT2D eigenvalue weighted by Crippen LogP contribution is -2.15. The third-order valence-corrected chi connectivity index (χ3v) is 3.73. The topological polar surface area (TPSA) is 68.0 Å². The third-order valence-electron chi connectivity index (χ3n) is 3.49. The van der Waals surface area contributed by atoms with Crippen molar-refractivity contribution in [3.05, 3.63) is 76.4 Å². The number of amides is 1. The molecule has 0 bridgehead atoms. The predicted molar refractivity (Wildman–Crippen MR) is 98.2 cm³/mol. The smallest absolute Gasteiger partial charge is 0.250 e. The highest BCUT2D eigenvalue weighted by molar-refractivity contribution is 6.31. The van der Waals surface area contributed by atoms with Gasteiger partial charge in [-0.2, -0.15) is 4.98 Å². The van der Waals surface area contributed by atoms with Gasteiger partial charge in [0.15, 0.2) is 5.82 Å². The van der Waals surface area contributed by atoms with E-state index in [1.807, 2.05) is 49.4 Å². The highest BCUT2D eigenvalue weighted by Gasteiger charge is 2.11. The molecule has 1 aromatic heterocycles. The van der Waals surface area contributed by atoms with Crippen LogP contribution in [0.2, 0.25) is 5.02 Å². The van der Waals surface area contributed by atoms with E-state index in [-0.39, 0.29) is 12.3 Å². The lowest BCUT2D eigenvalue weighted by Gasteiger charge is -2.07. The van der Waals surface area contributed by atoms with Crippen LogP contribution in [0.5, 0.6) is 0 Å². The molecule has 0 radical (unpaired) electrons. The van der Waals surface area contributed by atoms with Crippen LogP contribution in [-0.2, 0) is 11.2 Å². The molecule has 2 aromatic carbocycles. The van der Waals surface area contributed by atoms with Gasteiger partial charge in [0, 0.05) is 16.8 Å². The number of halogens is 1. The Morgan fingerprint density at radius 3 is 2.80 bits per heavy atom. The van der Waals surface area contributed by atoms with Gasteiger partial charge < -0.3 is 9.84 Å². The molecule has 1 N–H and O–H groups in total. The van der Waals surface area contributed by atoms with Gasteiger partial charge in [-0.05, 0) is 36.3 Å². The number of benzene rings is 2. The number of carbonyl (C=O) groups excluding carboxylic acids is 1. The highest BCUT2D eigenvalue weighted by Crippen LogP contribution is 2.20. The molecule has 1 amide bonds. The molecule has 0 saturated carbocycles. The summed E-state index contributed by atoms with van der Waals surface area (Å²) in [5.74, 6) is 0.445. The standard InChI is InChI=1S/C19H16ClN3O2/c1-13-7-9-15(20)11-16(13)21-18(24)12-17-22-19(25-23-17)10-8-14-5-3-2-4-6-14/h2-11H,12H2,1H3,(H,21,24)/b10-8+. The maximum absolute atomic E-state index is 12.1. The van der Waals surface area contributed by atoms with Crippen molar-refractivity contribution in [1.29, 1.82) is 0 Å². The van der Waals surface area contributed by atoms with E-state index < -0.39 is 0 Å². The Morgan fingerprint density at radius 2 is 2.00 bits per heavy atom. The molecule has 3 rings (SSSR count). The van der Waals surface area contributed by atoms with E-state index >= 15 is 0 Å². The van der Waals surface area contributed by atoms with Crippen LogP contribution >= 0.6 is 11.6 Å². The maximum Gasteiger partial charge on any atom is 0.250 e. The first kappa shape index (κ1) is 16.9. The minimum absolute atomic E-state index is 0.0225. The Labute approximate surface area is 150 Å². The van der Waals surface area contributed by atoms with Crippen LogP contribution in [0.3, 0.4) is 0 Å². The first-order valence-electron chi connectivity index (χ1n) is 7.72. The minimum Gasteiger partial charge on any atom is -0.335 e. The molecule has 0 aliphatic rings. The number of nitrogens with zero attached hydrogens (tertiary/aromatic N) is 2. The molecule has 0 aliphatic carbocycles. The summed E-state index contributed by atoms with van der Waals surface area (Å²) in [5, 5.41) is 7.19. The highest BCUT2D eigenvalue weighted by atomic mass is 35.5. The lowest BCUT2D eigenvalue weighted by atomic mass is 10.2. The Morgan fingerprint density at radius 1 is 1.20 bits per heavy atom. The summed E-state index contributed by atoms with van der Waals surface area (Å²) < 4.78 is 5.13. The lowest BCUT2D eigenvalue weighted by molar-refractivity contribution is -0.115. The van der Waals surface area contributed by atoms with E-state index in [9.17, 15) is 4.79 Å². The Bertz CT molecular complexity index is 904. The molecule has 0 atom stereocenters. The van der Waals surface area contributed by atoms with E-state index in [4.69, 9.17) is 16.1 Å². The largest absolute Gasteiger partial charge is 0.335 e. The molecule has 0 unspecified atom stereocenters. The van der Waals surface area contributed by atoms with Gasteiger partial charge in [0.1, 0.15) is 0 Å². The first-order valence-corrected chi connectivity index (χ1v) is 8.10. The van der Waals surface area contributed by atoms with Crippen LogP contribution in [0.25, 0.3) is 12.2 Å². The quantitative estimate of drug-likeness (QED) is 0.739. The Hall–Kier alpha value is -2.92. The molecule has 0 aliphatic heterocycles. The van der Waals surface area contributed by atoms with Crippen LogP contribution in [0, 0.1) is 6.92 Å². The molecule has 1 heterocycles. The SMILES string of the molecule is Cc1ccc(Cl)cc1NC(=O)Cc1noc(/C=C/c2ccccc2)n1. The summed E-state index contributed by atoms with van der Waals surface area (Å²) in [4.78, 5) is 16.3. The number of carbonyl (C=O) groups is 1. The van der Waals surface area contributed by atoms with Crippen LogP contribution in [0.15, 0.2) is 53.1 Å². The van der Waals surface area contributed by atoms with Crippen molar-refractivity contribution in [3.8, 4) is 0 Å². The number of hydrogen-bond acceptors (Lipinski definition) is 4. The number of anilines is 1. The number of rotatable bonds is 5. The second kappa shape index (κ2) is 7.77. The zero-order valence-corrected chi connectivity index (χ0v) is 14.3. The van der Waals surface area contributed by atoms with Crippen molar-refractivity contribution in [2.75, 3.05) is 5.32 Å². The van der Waals surface area contributed by atoms with Crippen LogP contribution in [0.1, 0.15) is 22.8 Å². The zero-order chi connectivity index (χ0) is 17.6. The van der Waals surface area contributed by atoms with Crippen LogP contribution < -0.4 is 5.32 Å². The van der Waals surface area contributed by atoms with Gasteiger partial charge in [-0.3, -0.25) is 4.79 Å². The first-order chi connectivity index (χ1) is 12.1. The third kappa shape index (κ3) is 4.78. The molecule has 3 aromatic rings. The summed E-state index contributed by atoms with van der Waals surface area (Å²) in [6.07, 6.45) is 3.60. The van der Waals surface area contributed by atoms with Gasteiger partial charge in [-0.1, -0.05) is 53.2 Å². The van der Waals surface area contributed by atoms with Crippen molar-refractivity contribution < 1.29 is 9.32 Å². The summed E-state index contributed by atoms with van der Waals surface area (Å²) in [6, 6.07) is 15.1. The number of nitrogens with one attached hydrogen (secondary N) is 1. The predicted octanol–water partition coefficient (Wildman–Crippen LogP) is 4.38. The average Bonchev–Trinajstić information content (AvgIpc) is 3.04. The monoisotopic (exact) mass is 353 g/mol. The van der Waals surface area contributed by atoms with Crippen molar-refractivity contribution in [2.24, 2.45) is 0 Å². The van der Waals surface area contributed by atoms with E-state index in [2.05, 4.69) is 15.5 Å². The second-order valence-corrected chi connectivity index (χ2v) is 5.91. The van der Waals surface area contributed by atoms with E-state index in [0.29, 0.717) is 22.4 Å². The molecule has 6 heteroatoms. The maximum atomic E-state index is 12.1. The van der Waals surface area contributed by atoms with Gasteiger partial charge in [0.2, 0.25) is 5.91 Å². The van der Waals surface area contributed by atoms with Crippen molar-refractivity contribution >= 4 is 35.3 Å². The number of hydrogen-bond donors (Lipinski definition) is 1. The Balaban J connectivity index is 1.62. The summed E-state index contributed by atoms with van der Waals surface area (Å²) in [6.45, 7) is 1.90. The Kier molecular flexibility index (Phi) is 5.26. The average molecular weight is 354 g/mol. The van der Waals surface area contributed by atoms with E-state index in [0.717, 1.165) is 11.1 Å². The van der Waals surface area contributed by atoms with Gasteiger partial charge in [-0.15, -0.1) is 0 Å². The molecule has 5 nitrogen and oxygen atoms in total. The minimum atomic E-state index is -0.232. The van der Waals surface area contributed by atoms with Crippen LogP contribution in [0.4, 0.5) is 5.69 Å². The molecular weight excluding hydrogens is 338 g/mol. The zero-order valence-electron chi connectivity index (χ0n) is 13.6. The number of aryl methyl sites for hydroxylation is 1. The molecule has 0 spiro atoms. The summed E-state index contributed by atoms with van der Waals surface area (Å²) >= 11 is 5.95. The molecule has 126 valence electrons. The van der Waals surface area contributed by atoms with Gasteiger partial charge in [-0.25, -0.2) is 0 Å². The second-order valence-electron chi connectivity index (χ2n) is 5.48. The normalized spacial score (nSPS) is 11.0. The molecule has 0 fully saturated rings. The molecule has 25 heavy (non-hydrogen) atoms. The fourth-order valence-corrected chi connectivity index (χ4v) is 2.38. The van der Waals surface area contributed by atoms with Crippen LogP contribution in [-0.4, -0.2) is 16.0 Å². The van der Waals surface area contributed by atoms with Crippen molar-refractivity contribution in [2.45, 2.75) is 13.3 Å². The fourth-order valence-electron chi connectivity index (χ4n) is 2.21. The van der Waals surface area contributed by atoms with Gasteiger partial charge in [0.05, 0.1) is 6.42 Å². The van der Waals surface area contributed by atoms with Crippen molar-refractivity contribution in [3.63, 3.8) is 0 Å². The van der Waals surface area contributed by atoms with Crippen molar-refractivity contribution in [1.82, 2.24) is 10.1 Å². The number of aromatic nitrogens is 2. The van der Waals surface area contributed by atoms with Gasteiger partial charge >= 0.3 is 0 Å².